The first-order valence-electron chi connectivity index (χ1n) is 11.5. The van der Waals surface area contributed by atoms with Gasteiger partial charge in [0.25, 0.3) is 0 Å². The van der Waals surface area contributed by atoms with E-state index in [-0.39, 0.29) is 22.6 Å². The molecule has 2 N–H and O–H groups in total. The largest absolute Gasteiger partial charge is 0.465 e. The maximum Gasteiger partial charge on any atom is 0.408 e. The van der Waals surface area contributed by atoms with Crippen LogP contribution in [-0.4, -0.2) is 50.5 Å². The van der Waals surface area contributed by atoms with E-state index in [0.29, 0.717) is 16.7 Å². The summed E-state index contributed by atoms with van der Waals surface area (Å²) in [6.07, 6.45) is -5.27. The predicted molar refractivity (Wildman–Crippen MR) is 130 cm³/mol. The molecule has 0 bridgehead atoms. The second-order valence-electron chi connectivity index (χ2n) is 9.67. The predicted octanol–water partition coefficient (Wildman–Crippen LogP) is 5.65. The summed E-state index contributed by atoms with van der Waals surface area (Å²) in [5, 5.41) is 3.25. The summed E-state index contributed by atoms with van der Waals surface area (Å²) in [4.78, 5) is 35.7. The van der Waals surface area contributed by atoms with Crippen LogP contribution in [0.1, 0.15) is 49.8 Å². The van der Waals surface area contributed by atoms with Crippen LogP contribution in [0.3, 0.4) is 0 Å². The van der Waals surface area contributed by atoms with E-state index >= 15 is 0 Å². The number of methoxy groups -OCH3 is 1. The van der Waals surface area contributed by atoms with E-state index in [4.69, 9.17) is 4.74 Å². The molecule has 3 heterocycles. The summed E-state index contributed by atoms with van der Waals surface area (Å²) >= 11 is 0. The van der Waals surface area contributed by atoms with Gasteiger partial charge >= 0.3 is 18.2 Å². The number of aromatic amines is 1. The number of amides is 1. The maximum atomic E-state index is 14.6. The van der Waals surface area contributed by atoms with E-state index in [1.54, 1.807) is 45.9 Å². The lowest BCUT2D eigenvalue weighted by Crippen LogP contribution is -2.34. The van der Waals surface area contributed by atoms with Crippen LogP contribution in [0.25, 0.3) is 33.6 Å². The summed E-state index contributed by atoms with van der Waals surface area (Å²) in [6.45, 7) is 5.47. The first-order chi connectivity index (χ1) is 17.6. The number of nitrogens with zero attached hydrogens (tertiary/aromatic N) is 3. The zero-order valence-corrected chi connectivity index (χ0v) is 21.2. The number of imidazole rings is 1. The van der Waals surface area contributed by atoms with Crippen molar-refractivity contribution in [2.75, 3.05) is 7.11 Å². The smallest absolute Gasteiger partial charge is 0.408 e. The number of alkyl carbamates (subject to hydrolysis) is 1. The molecule has 38 heavy (non-hydrogen) atoms. The third-order valence-electron chi connectivity index (χ3n) is 5.50. The fourth-order valence-corrected chi connectivity index (χ4v) is 3.90. The number of ether oxygens (including phenoxy) is 2. The van der Waals surface area contributed by atoms with E-state index in [0.717, 1.165) is 23.8 Å². The summed E-state index contributed by atoms with van der Waals surface area (Å²) in [7, 11) is 1.06. The van der Waals surface area contributed by atoms with Crippen molar-refractivity contribution in [1.29, 1.82) is 0 Å². The summed E-state index contributed by atoms with van der Waals surface area (Å²) in [5.74, 6) is -2.14. The first-order valence-corrected chi connectivity index (χ1v) is 11.5. The molecule has 1 aromatic carbocycles. The second-order valence-corrected chi connectivity index (χ2v) is 9.67. The number of alkyl halides is 3. The van der Waals surface area contributed by atoms with Crippen molar-refractivity contribution < 1.29 is 36.6 Å². The molecule has 0 saturated heterocycles. The normalized spacial score (nSPS) is 13.1. The van der Waals surface area contributed by atoms with Crippen LogP contribution in [-0.2, 0) is 16.0 Å². The molecule has 13 heteroatoms. The van der Waals surface area contributed by atoms with Crippen LogP contribution in [0.5, 0.6) is 0 Å². The van der Waals surface area contributed by atoms with Crippen LogP contribution in [0.15, 0.2) is 30.3 Å². The average Bonchev–Trinajstić information content (AvgIpc) is 3.36. The highest BCUT2D eigenvalue weighted by atomic mass is 19.4. The van der Waals surface area contributed by atoms with Crippen molar-refractivity contribution in [3.05, 3.63) is 47.4 Å². The number of pyridine rings is 1. The Morgan fingerprint density at radius 3 is 2.47 bits per heavy atom. The van der Waals surface area contributed by atoms with Crippen LogP contribution in [0, 0.1) is 5.82 Å². The molecular formula is C25H25F4N5O4. The molecule has 0 fully saturated rings. The average molecular weight is 535 g/mol. The van der Waals surface area contributed by atoms with Gasteiger partial charge in [-0.05, 0) is 52.0 Å². The van der Waals surface area contributed by atoms with Crippen LogP contribution in [0.4, 0.5) is 22.4 Å². The standard InChI is InChI=1S/C25H25F4N5O4/c1-12(30-23(36)38-24(2,3)4)16-7-6-13-8-18(32-20(13)31-16)21-33-17-9-14(22(35)37-5)15(26)10-19(17)34(21)11-25(27,28)29/h6-10,12H,11H2,1-5H3,(H,30,36)(H,31,32)/t12-/m1/s1. The summed E-state index contributed by atoms with van der Waals surface area (Å²) in [5.41, 5.74) is -0.292. The lowest BCUT2D eigenvalue weighted by Gasteiger charge is -2.21. The molecule has 0 unspecified atom stereocenters. The van der Waals surface area contributed by atoms with Gasteiger partial charge in [0.1, 0.15) is 23.6 Å². The van der Waals surface area contributed by atoms with Gasteiger partial charge in [-0.15, -0.1) is 0 Å². The number of hydrogen-bond donors (Lipinski definition) is 2. The maximum absolute atomic E-state index is 14.6. The number of fused-ring (bicyclic) bond motifs is 2. The number of nitrogens with one attached hydrogen (secondary N) is 2. The molecule has 0 aliphatic carbocycles. The second kappa shape index (κ2) is 9.62. The Labute approximate surface area is 214 Å². The molecule has 0 radical (unpaired) electrons. The molecule has 1 amide bonds. The number of carbonyl (C=O) groups excluding carboxylic acids is 2. The van der Waals surface area contributed by atoms with E-state index in [2.05, 4.69) is 25.0 Å². The monoisotopic (exact) mass is 535 g/mol. The number of hydrogen-bond acceptors (Lipinski definition) is 6. The Hall–Kier alpha value is -4.16. The van der Waals surface area contributed by atoms with Gasteiger partial charge in [-0.1, -0.05) is 0 Å². The van der Waals surface area contributed by atoms with Crippen molar-refractivity contribution in [3.8, 4) is 11.5 Å². The lowest BCUT2D eigenvalue weighted by atomic mass is 10.2. The molecule has 0 saturated carbocycles. The van der Waals surface area contributed by atoms with Crippen LogP contribution < -0.4 is 5.32 Å². The van der Waals surface area contributed by atoms with Gasteiger partial charge in [0, 0.05) is 11.5 Å². The Morgan fingerprint density at radius 1 is 1.13 bits per heavy atom. The Kier molecular flexibility index (Phi) is 6.80. The third-order valence-corrected chi connectivity index (χ3v) is 5.50. The molecule has 4 aromatic rings. The molecule has 9 nitrogen and oxygen atoms in total. The van der Waals surface area contributed by atoms with Crippen molar-refractivity contribution in [2.45, 2.75) is 52.1 Å². The van der Waals surface area contributed by atoms with E-state index in [1.807, 2.05) is 0 Å². The summed E-state index contributed by atoms with van der Waals surface area (Å²) in [6, 6.07) is 6.26. The van der Waals surface area contributed by atoms with Crippen LogP contribution in [0.2, 0.25) is 0 Å². The number of benzene rings is 1. The van der Waals surface area contributed by atoms with Crippen LogP contribution >= 0.6 is 0 Å². The molecule has 0 aliphatic heterocycles. The van der Waals surface area contributed by atoms with Gasteiger partial charge in [0.15, 0.2) is 5.82 Å². The molecule has 202 valence electrons. The van der Waals surface area contributed by atoms with Gasteiger partial charge in [0.05, 0.1) is 41.1 Å². The highest BCUT2D eigenvalue weighted by Crippen LogP contribution is 2.32. The molecule has 0 aliphatic rings. The Bertz CT molecular complexity index is 1530. The fraction of sp³-hybridized carbons (Fsp3) is 0.360. The quantitative estimate of drug-likeness (QED) is 0.252. The van der Waals surface area contributed by atoms with Gasteiger partial charge < -0.3 is 24.3 Å². The first kappa shape index (κ1) is 26.9. The Morgan fingerprint density at radius 2 is 1.84 bits per heavy atom. The highest BCUT2D eigenvalue weighted by Gasteiger charge is 2.32. The fourth-order valence-electron chi connectivity index (χ4n) is 3.90. The highest BCUT2D eigenvalue weighted by molar-refractivity contribution is 5.95. The molecule has 1 atom stereocenters. The van der Waals surface area contributed by atoms with Gasteiger partial charge in [0.2, 0.25) is 0 Å². The number of carbonyl (C=O) groups is 2. The minimum absolute atomic E-state index is 0.0199. The molecule has 4 rings (SSSR count). The van der Waals surface area contributed by atoms with Gasteiger partial charge in [-0.3, -0.25) is 0 Å². The van der Waals surface area contributed by atoms with Crippen molar-refractivity contribution >= 4 is 34.1 Å². The topological polar surface area (TPSA) is 111 Å². The molecular weight excluding hydrogens is 510 g/mol. The minimum Gasteiger partial charge on any atom is -0.465 e. The molecule has 0 spiro atoms. The van der Waals surface area contributed by atoms with Gasteiger partial charge in [-0.25, -0.2) is 23.9 Å². The molecule has 3 aromatic heterocycles. The Balaban J connectivity index is 1.75. The minimum atomic E-state index is -4.64. The lowest BCUT2D eigenvalue weighted by molar-refractivity contribution is -0.139. The van der Waals surface area contributed by atoms with Crippen molar-refractivity contribution in [2.24, 2.45) is 0 Å². The number of rotatable bonds is 5. The van der Waals surface area contributed by atoms with Crippen molar-refractivity contribution in [3.63, 3.8) is 0 Å². The SMILES string of the molecule is COC(=O)c1cc2nc(-c3cc4ccc([C@@H](C)NC(=O)OC(C)(C)C)nc4[nH]3)n(CC(F)(F)F)c2cc1F. The van der Waals surface area contributed by atoms with Crippen molar-refractivity contribution in [1.82, 2.24) is 24.8 Å². The summed E-state index contributed by atoms with van der Waals surface area (Å²) < 4.78 is 65.6. The number of H-pyrrole nitrogens is 1. The third kappa shape index (κ3) is 5.71. The van der Waals surface area contributed by atoms with E-state index in [9.17, 15) is 27.2 Å². The zero-order chi connectivity index (χ0) is 28.0. The zero-order valence-electron chi connectivity index (χ0n) is 21.2. The van der Waals surface area contributed by atoms with E-state index in [1.165, 1.54) is 0 Å². The van der Waals surface area contributed by atoms with E-state index < -0.39 is 47.8 Å². The van der Waals surface area contributed by atoms with Gasteiger partial charge in [-0.2, -0.15) is 13.2 Å². The number of aromatic nitrogens is 4. The number of halogens is 4. The number of esters is 1.